The van der Waals surface area contributed by atoms with E-state index in [9.17, 15) is 4.79 Å². The monoisotopic (exact) mass is 446 g/mol. The fourth-order valence-corrected chi connectivity index (χ4v) is 3.21. The number of carbonyl (C=O) groups is 1. The van der Waals surface area contributed by atoms with Gasteiger partial charge >= 0.3 is 0 Å². The van der Waals surface area contributed by atoms with Crippen molar-refractivity contribution >= 4 is 44.2 Å². The lowest BCUT2D eigenvalue weighted by Crippen LogP contribution is -2.22. The van der Waals surface area contributed by atoms with Crippen LogP contribution in [0.1, 0.15) is 21.7 Å². The van der Waals surface area contributed by atoms with Crippen LogP contribution in [0.3, 0.4) is 0 Å². The topological polar surface area (TPSA) is 76.1 Å². The van der Waals surface area contributed by atoms with E-state index < -0.39 is 0 Å². The summed E-state index contributed by atoms with van der Waals surface area (Å²) in [5.74, 6) is 0.679. The van der Waals surface area contributed by atoms with E-state index in [2.05, 4.69) is 35.9 Å². The maximum absolute atomic E-state index is 12.2. The van der Waals surface area contributed by atoms with Crippen LogP contribution in [-0.2, 0) is 17.7 Å². The Bertz CT molecular complexity index is 881. The molecule has 0 unspecified atom stereocenters. The molecule has 6 nitrogen and oxygen atoms in total. The van der Waals surface area contributed by atoms with Crippen LogP contribution in [0.2, 0.25) is 0 Å². The third-order valence-electron chi connectivity index (χ3n) is 3.76. The molecule has 0 fully saturated rings. The van der Waals surface area contributed by atoms with E-state index in [1.165, 1.54) is 11.5 Å². The number of hydrogen-bond acceptors (Lipinski definition) is 6. The van der Waals surface area contributed by atoms with Gasteiger partial charge in [-0.1, -0.05) is 28.1 Å². The molecule has 3 rings (SSSR count). The zero-order valence-corrected chi connectivity index (χ0v) is 17.1. The van der Waals surface area contributed by atoms with Crippen molar-refractivity contribution in [2.45, 2.75) is 13.0 Å². The number of rotatable bonds is 8. The van der Waals surface area contributed by atoms with E-state index in [1.54, 1.807) is 19.2 Å². The predicted octanol–water partition coefficient (Wildman–Crippen LogP) is 4.16. The molecule has 1 heterocycles. The number of amides is 1. The Hall–Kier alpha value is -2.29. The fourth-order valence-electron chi connectivity index (χ4n) is 2.31. The largest absolute Gasteiger partial charge is 0.384 e. The molecule has 0 saturated carbocycles. The van der Waals surface area contributed by atoms with Gasteiger partial charge < -0.3 is 15.4 Å². The summed E-state index contributed by atoms with van der Waals surface area (Å²) in [6.45, 7) is 1.08. The summed E-state index contributed by atoms with van der Waals surface area (Å²) in [5, 5.41) is 6.90. The molecule has 0 aliphatic heterocycles. The molecular weight excluding hydrogens is 428 g/mol. The summed E-state index contributed by atoms with van der Waals surface area (Å²) < 4.78 is 10.3. The highest BCUT2D eigenvalue weighted by Crippen LogP contribution is 2.19. The van der Waals surface area contributed by atoms with Crippen molar-refractivity contribution in [1.82, 2.24) is 14.7 Å². The Morgan fingerprint density at radius 1 is 1.15 bits per heavy atom. The lowest BCUT2D eigenvalue weighted by molar-refractivity contribution is 0.0951. The third kappa shape index (κ3) is 5.85. The number of nitrogens with zero attached hydrogens (tertiary/aromatic N) is 2. The molecule has 27 heavy (non-hydrogen) atoms. The highest BCUT2D eigenvalue weighted by atomic mass is 79.9. The van der Waals surface area contributed by atoms with E-state index in [0.29, 0.717) is 25.1 Å². The van der Waals surface area contributed by atoms with Gasteiger partial charge in [-0.2, -0.15) is 4.37 Å². The quantitative estimate of drug-likeness (QED) is 0.542. The summed E-state index contributed by atoms with van der Waals surface area (Å²) in [5.41, 5.74) is 2.58. The molecular formula is C19H19BrN4O2S. The lowest BCUT2D eigenvalue weighted by Gasteiger charge is -2.07. The maximum Gasteiger partial charge on any atom is 0.251 e. The van der Waals surface area contributed by atoms with E-state index in [4.69, 9.17) is 4.74 Å². The highest BCUT2D eigenvalue weighted by molar-refractivity contribution is 9.10. The average molecular weight is 447 g/mol. The number of carbonyl (C=O) groups excluding carboxylic acids is 1. The number of aromatic nitrogens is 2. The summed E-state index contributed by atoms with van der Waals surface area (Å²) >= 11 is 4.69. The minimum Gasteiger partial charge on any atom is -0.384 e. The summed E-state index contributed by atoms with van der Waals surface area (Å²) in [6, 6.07) is 15.1. The minimum atomic E-state index is -0.0952. The summed E-state index contributed by atoms with van der Waals surface area (Å²) in [4.78, 5) is 16.6. The van der Waals surface area contributed by atoms with E-state index >= 15 is 0 Å². The number of methoxy groups -OCH3 is 1. The van der Waals surface area contributed by atoms with Gasteiger partial charge in [0.25, 0.3) is 5.91 Å². The number of nitrogens with one attached hydrogen (secondary N) is 2. The van der Waals surface area contributed by atoms with Crippen molar-refractivity contribution in [2.24, 2.45) is 0 Å². The average Bonchev–Trinajstić information content (AvgIpc) is 3.13. The second kappa shape index (κ2) is 9.59. The van der Waals surface area contributed by atoms with Gasteiger partial charge in [-0.3, -0.25) is 4.79 Å². The van der Waals surface area contributed by atoms with Gasteiger partial charge in [-0.15, -0.1) is 0 Å². The van der Waals surface area contributed by atoms with Crippen LogP contribution in [0, 0.1) is 0 Å². The van der Waals surface area contributed by atoms with Crippen LogP contribution >= 0.6 is 27.5 Å². The van der Waals surface area contributed by atoms with Crippen molar-refractivity contribution in [3.8, 4) is 0 Å². The van der Waals surface area contributed by atoms with Gasteiger partial charge in [0.1, 0.15) is 5.82 Å². The first kappa shape index (κ1) is 19.5. The van der Waals surface area contributed by atoms with Gasteiger partial charge in [0.2, 0.25) is 5.13 Å². The molecule has 0 spiro atoms. The van der Waals surface area contributed by atoms with Crippen LogP contribution in [-0.4, -0.2) is 29.0 Å². The number of benzene rings is 2. The zero-order chi connectivity index (χ0) is 19.1. The van der Waals surface area contributed by atoms with Crippen LogP contribution < -0.4 is 10.6 Å². The third-order valence-corrected chi connectivity index (χ3v) is 4.96. The van der Waals surface area contributed by atoms with E-state index in [-0.39, 0.29) is 5.91 Å². The van der Waals surface area contributed by atoms with Gasteiger partial charge in [0, 0.05) is 47.3 Å². The first-order valence-electron chi connectivity index (χ1n) is 8.35. The van der Waals surface area contributed by atoms with E-state index in [1.807, 2.05) is 36.4 Å². The summed E-state index contributed by atoms with van der Waals surface area (Å²) in [7, 11) is 1.66. The molecule has 2 N–H and O–H groups in total. The van der Waals surface area contributed by atoms with Crippen molar-refractivity contribution < 1.29 is 9.53 Å². The van der Waals surface area contributed by atoms with Crippen LogP contribution in [0.15, 0.2) is 53.0 Å². The molecule has 0 saturated heterocycles. The number of hydrogen-bond donors (Lipinski definition) is 2. The van der Waals surface area contributed by atoms with Crippen molar-refractivity contribution in [1.29, 1.82) is 0 Å². The molecule has 8 heteroatoms. The molecule has 1 aromatic heterocycles. The Kier molecular flexibility index (Phi) is 6.92. The Balaban J connectivity index is 1.51. The molecule has 1 amide bonds. The highest BCUT2D eigenvalue weighted by Gasteiger charge is 2.06. The first-order valence-corrected chi connectivity index (χ1v) is 9.92. The standard InChI is InChI=1S/C19H19BrN4O2S/c1-26-11-10-17-23-19(27-24-17)22-16-8-2-13(3-9-16)12-21-18(25)14-4-6-15(20)7-5-14/h2-9H,10-12H2,1H3,(H,21,25)(H,22,23,24). The Morgan fingerprint density at radius 3 is 2.59 bits per heavy atom. The zero-order valence-electron chi connectivity index (χ0n) is 14.7. The number of halogens is 1. The Morgan fingerprint density at radius 2 is 1.89 bits per heavy atom. The lowest BCUT2D eigenvalue weighted by atomic mass is 10.2. The smallest absolute Gasteiger partial charge is 0.251 e. The molecule has 0 radical (unpaired) electrons. The second-order valence-corrected chi connectivity index (χ2v) is 7.44. The minimum absolute atomic E-state index is 0.0952. The maximum atomic E-state index is 12.2. The predicted molar refractivity (Wildman–Crippen MR) is 111 cm³/mol. The molecule has 3 aromatic rings. The molecule has 0 aliphatic rings. The number of ether oxygens (including phenoxy) is 1. The molecule has 2 aromatic carbocycles. The molecule has 0 bridgehead atoms. The van der Waals surface area contributed by atoms with Gasteiger partial charge in [0.05, 0.1) is 6.61 Å². The van der Waals surface area contributed by atoms with Crippen molar-refractivity contribution in [2.75, 3.05) is 19.0 Å². The van der Waals surface area contributed by atoms with Gasteiger partial charge in [0.15, 0.2) is 0 Å². The SMILES string of the molecule is COCCc1nsc(Nc2ccc(CNC(=O)c3ccc(Br)cc3)cc2)n1. The number of anilines is 2. The Labute approximate surface area is 170 Å². The van der Waals surface area contributed by atoms with Crippen molar-refractivity contribution in [3.63, 3.8) is 0 Å². The second-order valence-electron chi connectivity index (χ2n) is 5.77. The normalized spacial score (nSPS) is 10.6. The molecule has 140 valence electrons. The van der Waals surface area contributed by atoms with Crippen LogP contribution in [0.25, 0.3) is 0 Å². The fraction of sp³-hybridized carbons (Fsp3) is 0.211. The van der Waals surface area contributed by atoms with Crippen LogP contribution in [0.5, 0.6) is 0 Å². The van der Waals surface area contributed by atoms with Crippen molar-refractivity contribution in [3.05, 3.63) is 70.0 Å². The first-order chi connectivity index (χ1) is 13.1. The summed E-state index contributed by atoms with van der Waals surface area (Å²) in [6.07, 6.45) is 0.700. The van der Waals surface area contributed by atoms with Gasteiger partial charge in [-0.05, 0) is 42.0 Å². The van der Waals surface area contributed by atoms with Gasteiger partial charge in [-0.25, -0.2) is 4.98 Å². The van der Waals surface area contributed by atoms with E-state index in [0.717, 1.165) is 26.7 Å². The molecule has 0 aliphatic carbocycles. The van der Waals surface area contributed by atoms with Crippen LogP contribution in [0.4, 0.5) is 10.8 Å². The molecule has 0 atom stereocenters.